The standard InChI is InChI=1S/C21H28N2O4S2/c1-15(2)23(14-19-8-6-17(4)28-19)21(24)18-7-5-16(3)20(13-18)29(25,26)22-9-11-27-12-10-22/h5-8,13,15H,9-12,14H2,1-4H3. The van der Waals surface area contributed by atoms with Crippen molar-refractivity contribution in [2.75, 3.05) is 26.3 Å². The number of hydrogen-bond donors (Lipinski definition) is 0. The molecule has 0 bridgehead atoms. The van der Waals surface area contributed by atoms with Crippen LogP contribution in [-0.4, -0.2) is 55.9 Å². The highest BCUT2D eigenvalue weighted by atomic mass is 32.2. The normalized spacial score (nSPS) is 15.6. The Morgan fingerprint density at radius 2 is 1.86 bits per heavy atom. The summed E-state index contributed by atoms with van der Waals surface area (Å²) >= 11 is 1.67. The van der Waals surface area contributed by atoms with Crippen molar-refractivity contribution in [2.45, 2.75) is 45.2 Å². The molecule has 0 saturated carbocycles. The third-order valence-electron chi connectivity index (χ3n) is 5.03. The van der Waals surface area contributed by atoms with Crippen LogP contribution in [0.25, 0.3) is 0 Å². The number of thiophene rings is 1. The highest BCUT2D eigenvalue weighted by Crippen LogP contribution is 2.25. The molecule has 0 radical (unpaired) electrons. The maximum absolute atomic E-state index is 13.3. The van der Waals surface area contributed by atoms with Crippen LogP contribution in [0, 0.1) is 13.8 Å². The van der Waals surface area contributed by atoms with Gasteiger partial charge in [-0.25, -0.2) is 8.42 Å². The highest BCUT2D eigenvalue weighted by Gasteiger charge is 2.29. The zero-order valence-electron chi connectivity index (χ0n) is 17.3. The van der Waals surface area contributed by atoms with E-state index in [-0.39, 0.29) is 16.8 Å². The van der Waals surface area contributed by atoms with Crippen LogP contribution in [0.4, 0.5) is 0 Å². The summed E-state index contributed by atoms with van der Waals surface area (Å²) in [6, 6.07) is 9.02. The van der Waals surface area contributed by atoms with Gasteiger partial charge in [-0.3, -0.25) is 4.79 Å². The molecule has 0 unspecified atom stereocenters. The average Bonchev–Trinajstić information content (AvgIpc) is 3.11. The molecule has 1 aliphatic heterocycles. The van der Waals surface area contributed by atoms with Gasteiger partial charge in [-0.15, -0.1) is 11.3 Å². The van der Waals surface area contributed by atoms with Crippen LogP contribution >= 0.6 is 11.3 Å². The summed E-state index contributed by atoms with van der Waals surface area (Å²) < 4.78 is 33.0. The summed E-state index contributed by atoms with van der Waals surface area (Å²) in [5.74, 6) is -0.163. The molecule has 0 aliphatic carbocycles. The summed E-state index contributed by atoms with van der Waals surface area (Å²) in [5.41, 5.74) is 1.03. The number of hydrogen-bond acceptors (Lipinski definition) is 5. The largest absolute Gasteiger partial charge is 0.379 e. The van der Waals surface area contributed by atoms with E-state index in [0.29, 0.717) is 44.0 Å². The van der Waals surface area contributed by atoms with Gasteiger partial charge in [0.15, 0.2) is 0 Å². The zero-order valence-corrected chi connectivity index (χ0v) is 19.0. The summed E-state index contributed by atoms with van der Waals surface area (Å²) in [4.78, 5) is 17.5. The van der Waals surface area contributed by atoms with Crippen molar-refractivity contribution < 1.29 is 17.9 Å². The molecule has 0 spiro atoms. The SMILES string of the molecule is Cc1ccc(CN(C(=O)c2ccc(C)c(S(=O)(=O)N3CCOCC3)c2)C(C)C)s1. The molecule has 1 aromatic carbocycles. The summed E-state index contributed by atoms with van der Waals surface area (Å²) in [5, 5.41) is 0. The lowest BCUT2D eigenvalue weighted by Gasteiger charge is -2.28. The third kappa shape index (κ3) is 4.88. The fourth-order valence-corrected chi connectivity index (χ4v) is 5.88. The first-order valence-electron chi connectivity index (χ1n) is 9.75. The minimum absolute atomic E-state index is 0.00879. The minimum Gasteiger partial charge on any atom is -0.379 e. The second kappa shape index (κ2) is 8.95. The Bertz CT molecular complexity index is 976. The summed E-state index contributed by atoms with van der Waals surface area (Å²) in [6.07, 6.45) is 0. The molecule has 3 rings (SSSR count). The molecule has 8 heteroatoms. The first-order chi connectivity index (χ1) is 13.7. The maximum Gasteiger partial charge on any atom is 0.254 e. The Kier molecular flexibility index (Phi) is 6.78. The van der Waals surface area contributed by atoms with Crippen molar-refractivity contribution in [3.05, 3.63) is 51.2 Å². The number of carbonyl (C=O) groups excluding carboxylic acids is 1. The Labute approximate surface area is 177 Å². The van der Waals surface area contributed by atoms with E-state index in [4.69, 9.17) is 4.74 Å². The lowest BCUT2D eigenvalue weighted by Crippen LogP contribution is -2.41. The van der Waals surface area contributed by atoms with Crippen molar-refractivity contribution in [3.63, 3.8) is 0 Å². The van der Waals surface area contributed by atoms with Crippen molar-refractivity contribution in [1.82, 2.24) is 9.21 Å². The fraction of sp³-hybridized carbons (Fsp3) is 0.476. The van der Waals surface area contributed by atoms with E-state index in [2.05, 4.69) is 0 Å². The number of ether oxygens (including phenoxy) is 1. The quantitative estimate of drug-likeness (QED) is 0.696. The fourth-order valence-electron chi connectivity index (χ4n) is 3.33. The molecule has 158 valence electrons. The first kappa shape index (κ1) is 22.0. The van der Waals surface area contributed by atoms with Crippen LogP contribution in [0.2, 0.25) is 0 Å². The molecule has 2 heterocycles. The average molecular weight is 437 g/mol. The van der Waals surface area contributed by atoms with Crippen LogP contribution in [0.3, 0.4) is 0 Å². The van der Waals surface area contributed by atoms with Gasteiger partial charge < -0.3 is 9.64 Å². The summed E-state index contributed by atoms with van der Waals surface area (Å²) in [6.45, 7) is 9.68. The molecular weight excluding hydrogens is 408 g/mol. The highest BCUT2D eigenvalue weighted by molar-refractivity contribution is 7.89. The van der Waals surface area contributed by atoms with Crippen LogP contribution in [-0.2, 0) is 21.3 Å². The maximum atomic E-state index is 13.3. The topological polar surface area (TPSA) is 66.9 Å². The monoisotopic (exact) mass is 436 g/mol. The number of benzene rings is 1. The van der Waals surface area contributed by atoms with Crippen LogP contribution in [0.5, 0.6) is 0 Å². The van der Waals surface area contributed by atoms with Gasteiger partial charge in [0.2, 0.25) is 10.0 Å². The molecule has 0 N–H and O–H groups in total. The van der Waals surface area contributed by atoms with Gasteiger partial charge in [-0.1, -0.05) is 6.07 Å². The molecule has 1 aliphatic rings. The van der Waals surface area contributed by atoms with E-state index < -0.39 is 10.0 Å². The Balaban J connectivity index is 1.91. The second-order valence-corrected chi connectivity index (χ2v) is 10.8. The van der Waals surface area contributed by atoms with Gasteiger partial charge in [0, 0.05) is 34.4 Å². The van der Waals surface area contributed by atoms with Crippen LogP contribution < -0.4 is 0 Å². The van der Waals surface area contributed by atoms with Gasteiger partial charge >= 0.3 is 0 Å². The number of morpholine rings is 1. The van der Waals surface area contributed by atoms with Crippen molar-refractivity contribution in [2.24, 2.45) is 0 Å². The molecule has 1 saturated heterocycles. The number of carbonyl (C=O) groups is 1. The minimum atomic E-state index is -3.67. The molecule has 29 heavy (non-hydrogen) atoms. The van der Waals surface area contributed by atoms with E-state index in [1.807, 2.05) is 32.9 Å². The molecule has 0 atom stereocenters. The van der Waals surface area contributed by atoms with E-state index >= 15 is 0 Å². The summed E-state index contributed by atoms with van der Waals surface area (Å²) in [7, 11) is -3.67. The molecule has 2 aromatic rings. The molecule has 1 aromatic heterocycles. The number of sulfonamides is 1. The van der Waals surface area contributed by atoms with Crippen molar-refractivity contribution >= 4 is 27.3 Å². The first-order valence-corrected chi connectivity index (χ1v) is 12.0. The Morgan fingerprint density at radius 1 is 1.17 bits per heavy atom. The van der Waals surface area contributed by atoms with E-state index in [1.54, 1.807) is 35.3 Å². The Hall–Kier alpha value is -1.74. The van der Waals surface area contributed by atoms with Gasteiger partial charge in [-0.05, 0) is 57.5 Å². The lowest BCUT2D eigenvalue weighted by molar-refractivity contribution is 0.0691. The lowest BCUT2D eigenvalue weighted by atomic mass is 10.1. The van der Waals surface area contributed by atoms with Gasteiger partial charge in [0.25, 0.3) is 5.91 Å². The van der Waals surface area contributed by atoms with Crippen molar-refractivity contribution in [3.8, 4) is 0 Å². The number of rotatable bonds is 6. The Morgan fingerprint density at radius 3 is 2.45 bits per heavy atom. The van der Waals surface area contributed by atoms with Gasteiger partial charge in [0.1, 0.15) is 0 Å². The van der Waals surface area contributed by atoms with Crippen LogP contribution in [0.15, 0.2) is 35.2 Å². The van der Waals surface area contributed by atoms with E-state index in [9.17, 15) is 13.2 Å². The van der Waals surface area contributed by atoms with Gasteiger partial charge in [-0.2, -0.15) is 4.31 Å². The van der Waals surface area contributed by atoms with Crippen molar-refractivity contribution in [1.29, 1.82) is 0 Å². The smallest absolute Gasteiger partial charge is 0.254 e. The van der Waals surface area contributed by atoms with Gasteiger partial charge in [0.05, 0.1) is 24.7 Å². The predicted octanol–water partition coefficient (Wildman–Crippen LogP) is 3.44. The predicted molar refractivity (Wildman–Crippen MR) is 115 cm³/mol. The number of aryl methyl sites for hydroxylation is 2. The molecule has 1 fully saturated rings. The van der Waals surface area contributed by atoms with E-state index in [1.165, 1.54) is 15.2 Å². The van der Waals surface area contributed by atoms with E-state index in [0.717, 1.165) is 4.88 Å². The number of nitrogens with zero attached hydrogens (tertiary/aromatic N) is 2. The molecule has 1 amide bonds. The van der Waals surface area contributed by atoms with Crippen LogP contribution in [0.1, 0.15) is 39.5 Å². The number of amides is 1. The molecule has 6 nitrogen and oxygen atoms in total. The zero-order chi connectivity index (χ0) is 21.2. The third-order valence-corrected chi connectivity index (χ3v) is 8.06. The molecular formula is C21H28N2O4S2. The second-order valence-electron chi connectivity index (χ2n) is 7.54.